The lowest BCUT2D eigenvalue weighted by Gasteiger charge is -2.06. The molecule has 0 fully saturated rings. The van der Waals surface area contributed by atoms with Crippen LogP contribution in [-0.2, 0) is 4.74 Å². The van der Waals surface area contributed by atoms with E-state index in [1.165, 1.54) is 11.3 Å². The van der Waals surface area contributed by atoms with Crippen molar-refractivity contribution in [3.63, 3.8) is 0 Å². The molecule has 8 heteroatoms. The smallest absolute Gasteiger partial charge is 0.190 e. The molecule has 0 bridgehead atoms. The van der Waals surface area contributed by atoms with Crippen LogP contribution in [0.4, 0.5) is 5.69 Å². The van der Waals surface area contributed by atoms with Crippen LogP contribution in [0.2, 0.25) is 0 Å². The first kappa shape index (κ1) is 17.4. The van der Waals surface area contributed by atoms with E-state index < -0.39 is 0 Å². The van der Waals surface area contributed by atoms with Crippen LogP contribution < -0.4 is 5.73 Å². The number of thioether (sulfide) groups is 1. The summed E-state index contributed by atoms with van der Waals surface area (Å²) in [5, 5.41) is 3.66. The summed E-state index contributed by atoms with van der Waals surface area (Å²) in [6, 6.07) is 10.1. The van der Waals surface area contributed by atoms with Crippen LogP contribution >= 0.6 is 34.4 Å². The molecule has 0 saturated heterocycles. The summed E-state index contributed by atoms with van der Waals surface area (Å²) in [5.41, 5.74) is 9.11. The van der Waals surface area contributed by atoms with E-state index in [0.717, 1.165) is 42.1 Å². The van der Waals surface area contributed by atoms with Gasteiger partial charge in [0.1, 0.15) is 4.83 Å². The maximum Gasteiger partial charge on any atom is 0.190 e. The number of thiophene rings is 1. The molecule has 2 N–H and O–H groups in total. The number of anilines is 1. The maximum atomic E-state index is 6.48. The van der Waals surface area contributed by atoms with Crippen LogP contribution in [0.15, 0.2) is 46.1 Å². The predicted octanol–water partition coefficient (Wildman–Crippen LogP) is 4.80. The summed E-state index contributed by atoms with van der Waals surface area (Å²) >= 11 is 4.83. The van der Waals surface area contributed by atoms with Crippen molar-refractivity contribution >= 4 is 50.3 Å². The minimum Gasteiger partial charge on any atom is -0.397 e. The highest BCUT2D eigenvalue weighted by Gasteiger charge is 2.19. The molecule has 3 heterocycles. The summed E-state index contributed by atoms with van der Waals surface area (Å²) in [5.74, 6) is 1.49. The van der Waals surface area contributed by atoms with Gasteiger partial charge in [-0.2, -0.15) is 0 Å². The van der Waals surface area contributed by atoms with E-state index in [-0.39, 0.29) is 0 Å². The largest absolute Gasteiger partial charge is 0.397 e. The number of hydrogen-bond donors (Lipinski definition) is 1. The van der Waals surface area contributed by atoms with Crippen molar-refractivity contribution in [3.8, 4) is 22.1 Å². The molecule has 0 amide bonds. The van der Waals surface area contributed by atoms with Gasteiger partial charge in [-0.15, -0.1) is 34.4 Å². The van der Waals surface area contributed by atoms with E-state index in [9.17, 15) is 0 Å². The number of nitrogens with two attached hydrogens (primary N) is 1. The van der Waals surface area contributed by atoms with Crippen LogP contribution in [0, 0.1) is 0 Å². The van der Waals surface area contributed by atoms with Crippen molar-refractivity contribution in [1.82, 2.24) is 15.0 Å². The molecule has 3 aromatic heterocycles. The molecule has 0 spiro atoms. The van der Waals surface area contributed by atoms with Gasteiger partial charge in [-0.05, 0) is 0 Å². The molecule has 4 aromatic rings. The number of aromatic nitrogens is 3. The molecule has 26 heavy (non-hydrogen) atoms. The average Bonchev–Trinajstić information content (AvgIpc) is 3.31. The number of hydrogen-bond acceptors (Lipinski definition) is 8. The fraction of sp³-hybridized carbons (Fsp3) is 0.167. The molecule has 0 radical (unpaired) electrons. The van der Waals surface area contributed by atoms with Crippen LogP contribution in [0.5, 0.6) is 0 Å². The number of ether oxygens (including phenoxy) is 1. The summed E-state index contributed by atoms with van der Waals surface area (Å²) in [4.78, 5) is 14.8. The number of rotatable bonds is 6. The Balaban J connectivity index is 1.90. The Kier molecular flexibility index (Phi) is 5.16. The average molecular weight is 401 g/mol. The van der Waals surface area contributed by atoms with Gasteiger partial charge in [-0.25, -0.2) is 15.0 Å². The minimum atomic E-state index is 0.640. The second kappa shape index (κ2) is 7.71. The normalized spacial score (nSPS) is 11.3. The van der Waals surface area contributed by atoms with Crippen LogP contribution in [0.1, 0.15) is 0 Å². The standard InChI is InChI=1S/C18H16N4OS3/c1-23-8-10-25-18-13(19)12-14(11-5-3-2-4-6-11)21-15(22-16(12)26-18)17-20-7-9-24-17/h2-7,9H,8,10,19H2,1H3. The third-order valence-electron chi connectivity index (χ3n) is 3.75. The Morgan fingerprint density at radius 1 is 1.19 bits per heavy atom. The summed E-state index contributed by atoms with van der Waals surface area (Å²) in [7, 11) is 1.70. The first-order valence-corrected chi connectivity index (χ1v) is 10.6. The van der Waals surface area contributed by atoms with Gasteiger partial charge in [-0.1, -0.05) is 30.3 Å². The van der Waals surface area contributed by atoms with Crippen LogP contribution in [0.25, 0.3) is 32.3 Å². The van der Waals surface area contributed by atoms with Crippen molar-refractivity contribution in [2.75, 3.05) is 25.2 Å². The molecule has 132 valence electrons. The fourth-order valence-corrected chi connectivity index (χ4v) is 5.37. The first-order chi connectivity index (χ1) is 12.8. The Morgan fingerprint density at radius 2 is 2.04 bits per heavy atom. The summed E-state index contributed by atoms with van der Waals surface area (Å²) in [6.45, 7) is 0.680. The second-order valence-corrected chi connectivity index (χ2v) is 8.68. The number of thiazole rings is 1. The molecular formula is C18H16N4OS3. The van der Waals surface area contributed by atoms with E-state index in [2.05, 4.69) is 4.98 Å². The second-order valence-electron chi connectivity index (χ2n) is 5.42. The number of nitrogen functional groups attached to an aromatic ring is 1. The van der Waals surface area contributed by atoms with Gasteiger partial charge in [0.05, 0.1) is 27.6 Å². The summed E-state index contributed by atoms with van der Waals surface area (Å²) < 4.78 is 6.20. The van der Waals surface area contributed by atoms with E-state index >= 15 is 0 Å². The molecular weight excluding hydrogens is 384 g/mol. The monoisotopic (exact) mass is 400 g/mol. The van der Waals surface area contributed by atoms with E-state index in [1.807, 2.05) is 35.7 Å². The highest BCUT2D eigenvalue weighted by atomic mass is 32.2. The highest BCUT2D eigenvalue weighted by molar-refractivity contribution is 8.01. The lowest BCUT2D eigenvalue weighted by atomic mass is 10.1. The van der Waals surface area contributed by atoms with Crippen molar-refractivity contribution < 1.29 is 4.74 Å². The van der Waals surface area contributed by atoms with E-state index in [4.69, 9.17) is 20.4 Å². The SMILES string of the molecule is COCCSc1sc2nc(-c3nccs3)nc(-c3ccccc3)c2c1N. The lowest BCUT2D eigenvalue weighted by Crippen LogP contribution is -1.95. The van der Waals surface area contributed by atoms with Crippen LogP contribution in [-0.4, -0.2) is 34.4 Å². The molecule has 5 nitrogen and oxygen atoms in total. The lowest BCUT2D eigenvalue weighted by molar-refractivity contribution is 0.218. The van der Waals surface area contributed by atoms with Crippen molar-refractivity contribution in [1.29, 1.82) is 0 Å². The third-order valence-corrected chi connectivity index (χ3v) is 6.87. The topological polar surface area (TPSA) is 73.9 Å². The highest BCUT2D eigenvalue weighted by Crippen LogP contribution is 2.43. The van der Waals surface area contributed by atoms with Crippen LogP contribution in [0.3, 0.4) is 0 Å². The zero-order chi connectivity index (χ0) is 17.9. The number of methoxy groups -OCH3 is 1. The Labute approximate surface area is 163 Å². The Morgan fingerprint density at radius 3 is 2.77 bits per heavy atom. The van der Waals surface area contributed by atoms with Gasteiger partial charge in [0, 0.05) is 30.0 Å². The predicted molar refractivity (Wildman–Crippen MR) is 111 cm³/mol. The molecule has 0 saturated carbocycles. The van der Waals surface area contributed by atoms with Gasteiger partial charge in [0.25, 0.3) is 0 Å². The molecule has 0 aliphatic carbocycles. The van der Waals surface area contributed by atoms with Crippen molar-refractivity contribution in [2.24, 2.45) is 0 Å². The Bertz CT molecular complexity index is 1020. The first-order valence-electron chi connectivity index (χ1n) is 7.95. The van der Waals surface area contributed by atoms with Crippen molar-refractivity contribution in [2.45, 2.75) is 4.21 Å². The summed E-state index contributed by atoms with van der Waals surface area (Å²) in [6.07, 6.45) is 1.77. The molecule has 0 unspecified atom stereocenters. The molecule has 0 aliphatic rings. The number of benzene rings is 1. The van der Waals surface area contributed by atoms with E-state index in [0.29, 0.717) is 12.4 Å². The van der Waals surface area contributed by atoms with Gasteiger partial charge < -0.3 is 10.5 Å². The molecule has 1 aromatic carbocycles. The van der Waals surface area contributed by atoms with E-state index in [1.54, 1.807) is 36.4 Å². The molecule has 4 rings (SSSR count). The maximum absolute atomic E-state index is 6.48. The van der Waals surface area contributed by atoms with Gasteiger partial charge >= 0.3 is 0 Å². The van der Waals surface area contributed by atoms with Crippen molar-refractivity contribution in [3.05, 3.63) is 41.9 Å². The van der Waals surface area contributed by atoms with Gasteiger partial charge in [0.2, 0.25) is 0 Å². The number of nitrogens with zero attached hydrogens (tertiary/aromatic N) is 3. The molecule has 0 atom stereocenters. The van der Waals surface area contributed by atoms with Gasteiger partial charge in [0.15, 0.2) is 10.8 Å². The quantitative estimate of drug-likeness (QED) is 0.370. The van der Waals surface area contributed by atoms with Gasteiger partial charge in [-0.3, -0.25) is 0 Å². The number of fused-ring (bicyclic) bond motifs is 1. The zero-order valence-electron chi connectivity index (χ0n) is 14.0. The fourth-order valence-electron chi connectivity index (χ4n) is 2.56. The minimum absolute atomic E-state index is 0.640. The third kappa shape index (κ3) is 3.33. The molecule has 0 aliphatic heterocycles. The zero-order valence-corrected chi connectivity index (χ0v) is 16.5. The Hall–Kier alpha value is -2.00.